The monoisotopic (exact) mass is 373 g/mol. The van der Waals surface area contributed by atoms with E-state index in [1.165, 1.54) is 17.9 Å². The Balaban J connectivity index is 1.60. The van der Waals surface area contributed by atoms with Crippen LogP contribution in [0.25, 0.3) is 5.57 Å². The molecule has 3 amide bonds. The van der Waals surface area contributed by atoms with E-state index in [9.17, 15) is 18.8 Å². The predicted molar refractivity (Wildman–Crippen MR) is 95.6 cm³/mol. The molecule has 1 fully saturated rings. The number of cyclic esters (lactones) is 1. The molecule has 0 aliphatic carbocycles. The van der Waals surface area contributed by atoms with Crippen molar-refractivity contribution in [3.8, 4) is 0 Å². The second kappa shape index (κ2) is 6.68. The Labute approximate surface area is 155 Å². The number of rotatable bonds is 4. The van der Waals surface area contributed by atoms with Gasteiger partial charge < -0.3 is 15.0 Å². The summed E-state index contributed by atoms with van der Waals surface area (Å²) in [5, 5.41) is 2.67. The van der Waals surface area contributed by atoms with Gasteiger partial charge in [0.2, 0.25) is 12.3 Å². The van der Waals surface area contributed by atoms with Gasteiger partial charge in [0.15, 0.2) is 0 Å². The molecule has 4 rings (SSSR count). The second-order valence-electron chi connectivity index (χ2n) is 7.04. The van der Waals surface area contributed by atoms with Crippen LogP contribution in [0, 0.1) is 5.82 Å². The van der Waals surface area contributed by atoms with Gasteiger partial charge in [-0.3, -0.25) is 14.5 Å². The molecule has 1 aromatic rings. The van der Waals surface area contributed by atoms with E-state index in [4.69, 9.17) is 4.74 Å². The minimum atomic E-state index is -0.514. The van der Waals surface area contributed by atoms with Gasteiger partial charge in [0, 0.05) is 25.6 Å². The fourth-order valence-electron chi connectivity index (χ4n) is 3.98. The van der Waals surface area contributed by atoms with E-state index in [2.05, 4.69) is 5.32 Å². The number of anilines is 1. The minimum Gasteiger partial charge on any atom is -0.442 e. The summed E-state index contributed by atoms with van der Waals surface area (Å²) >= 11 is 0. The smallest absolute Gasteiger partial charge is 0.415 e. The van der Waals surface area contributed by atoms with Gasteiger partial charge in [-0.1, -0.05) is 6.08 Å². The molecular formula is C19H20FN3O4. The van der Waals surface area contributed by atoms with E-state index in [0.717, 1.165) is 17.5 Å². The molecule has 0 radical (unpaired) electrons. The van der Waals surface area contributed by atoms with Crippen molar-refractivity contribution in [2.45, 2.75) is 31.9 Å². The van der Waals surface area contributed by atoms with Gasteiger partial charge in [-0.25, -0.2) is 9.18 Å². The number of nitrogens with one attached hydrogen (secondary N) is 1. The van der Waals surface area contributed by atoms with Crippen molar-refractivity contribution in [3.05, 3.63) is 35.2 Å². The summed E-state index contributed by atoms with van der Waals surface area (Å²) in [4.78, 5) is 37.4. The maximum absolute atomic E-state index is 14.8. The van der Waals surface area contributed by atoms with Crippen LogP contribution < -0.4 is 10.2 Å². The SMILES string of the molecule is CC(=O)NCC1OC(=O)N2c3cc(F)c(C4=CCN(C=O)CC4)cc3C[C@@H]12. The Hall–Kier alpha value is -2.90. The Bertz CT molecular complexity index is 854. The summed E-state index contributed by atoms with van der Waals surface area (Å²) in [7, 11) is 0. The zero-order valence-corrected chi connectivity index (χ0v) is 14.9. The quantitative estimate of drug-likeness (QED) is 0.811. The lowest BCUT2D eigenvalue weighted by Crippen LogP contribution is -2.40. The third-order valence-corrected chi connectivity index (χ3v) is 5.35. The Morgan fingerprint density at radius 1 is 1.44 bits per heavy atom. The number of amides is 3. The summed E-state index contributed by atoms with van der Waals surface area (Å²) in [6, 6.07) is 2.94. The molecule has 3 heterocycles. The number of hydrogen-bond acceptors (Lipinski definition) is 4. The van der Waals surface area contributed by atoms with Crippen LogP contribution in [-0.4, -0.2) is 55.1 Å². The Morgan fingerprint density at radius 3 is 2.93 bits per heavy atom. The van der Waals surface area contributed by atoms with Crippen LogP contribution in [0.5, 0.6) is 0 Å². The molecule has 3 aliphatic rings. The molecule has 142 valence electrons. The molecule has 0 bridgehead atoms. The summed E-state index contributed by atoms with van der Waals surface area (Å²) in [5.74, 6) is -0.583. The first-order valence-electron chi connectivity index (χ1n) is 8.93. The zero-order chi connectivity index (χ0) is 19.1. The maximum atomic E-state index is 14.8. The zero-order valence-electron chi connectivity index (χ0n) is 14.9. The highest BCUT2D eigenvalue weighted by Gasteiger charge is 2.47. The normalized spacial score (nSPS) is 23.5. The van der Waals surface area contributed by atoms with Crippen LogP contribution in [-0.2, 0) is 20.7 Å². The van der Waals surface area contributed by atoms with Crippen molar-refractivity contribution in [3.63, 3.8) is 0 Å². The summed E-state index contributed by atoms with van der Waals surface area (Å²) in [5.41, 5.74) is 2.81. The number of fused-ring (bicyclic) bond motifs is 3. The average molecular weight is 373 g/mol. The molecular weight excluding hydrogens is 353 g/mol. The van der Waals surface area contributed by atoms with Crippen molar-refractivity contribution < 1.29 is 23.5 Å². The fraction of sp³-hybridized carbons (Fsp3) is 0.421. The standard InChI is InChI=1S/C19H20FN3O4/c1-11(25)21-9-18-17-7-13-6-14(12-2-4-22(10-24)5-3-12)15(20)8-16(13)23(17)19(26)27-18/h2,6,8,10,17-18H,3-5,7,9H2,1H3,(H,21,25)/t17-,18?/m0/s1. The lowest BCUT2D eigenvalue weighted by molar-refractivity contribution is -0.119. The van der Waals surface area contributed by atoms with E-state index in [0.29, 0.717) is 37.2 Å². The third-order valence-electron chi connectivity index (χ3n) is 5.35. The number of carbonyl (C=O) groups excluding carboxylic acids is 3. The van der Waals surface area contributed by atoms with Crippen molar-refractivity contribution in [1.82, 2.24) is 10.2 Å². The molecule has 27 heavy (non-hydrogen) atoms. The highest BCUT2D eigenvalue weighted by atomic mass is 19.1. The topological polar surface area (TPSA) is 79.0 Å². The summed E-state index contributed by atoms with van der Waals surface area (Å²) < 4.78 is 20.1. The molecule has 1 saturated heterocycles. The number of hydrogen-bond donors (Lipinski definition) is 1. The third kappa shape index (κ3) is 3.05. The van der Waals surface area contributed by atoms with Gasteiger partial charge in [-0.15, -0.1) is 0 Å². The van der Waals surface area contributed by atoms with Crippen LogP contribution in [0.3, 0.4) is 0 Å². The molecule has 0 spiro atoms. The molecule has 1 unspecified atom stereocenters. The van der Waals surface area contributed by atoms with Crippen molar-refractivity contribution >= 4 is 29.7 Å². The summed E-state index contributed by atoms with van der Waals surface area (Å²) in [6.07, 6.45) is 2.82. The van der Waals surface area contributed by atoms with Crippen molar-refractivity contribution in [1.29, 1.82) is 0 Å². The van der Waals surface area contributed by atoms with Crippen LogP contribution >= 0.6 is 0 Å². The first kappa shape index (κ1) is 17.5. The molecule has 0 saturated carbocycles. The molecule has 1 aromatic carbocycles. The van der Waals surface area contributed by atoms with Gasteiger partial charge in [-0.05, 0) is 36.1 Å². The van der Waals surface area contributed by atoms with Gasteiger partial charge in [-0.2, -0.15) is 0 Å². The highest BCUT2D eigenvalue weighted by molar-refractivity contribution is 5.94. The molecule has 2 atom stereocenters. The molecule has 7 nitrogen and oxygen atoms in total. The summed E-state index contributed by atoms with van der Waals surface area (Å²) in [6.45, 7) is 2.67. The Morgan fingerprint density at radius 2 is 2.26 bits per heavy atom. The van der Waals surface area contributed by atoms with Crippen LogP contribution in [0.4, 0.5) is 14.9 Å². The maximum Gasteiger partial charge on any atom is 0.415 e. The van der Waals surface area contributed by atoms with E-state index in [1.54, 1.807) is 11.0 Å². The molecule has 8 heteroatoms. The average Bonchev–Trinajstić information content (AvgIpc) is 3.16. The van der Waals surface area contributed by atoms with E-state index in [-0.39, 0.29) is 18.5 Å². The number of carbonyl (C=O) groups is 3. The van der Waals surface area contributed by atoms with E-state index >= 15 is 0 Å². The largest absolute Gasteiger partial charge is 0.442 e. The molecule has 1 N–H and O–H groups in total. The van der Waals surface area contributed by atoms with Crippen molar-refractivity contribution in [2.24, 2.45) is 0 Å². The lowest BCUT2D eigenvalue weighted by atomic mass is 9.95. The van der Waals surface area contributed by atoms with Gasteiger partial charge in [0.05, 0.1) is 18.3 Å². The Kier molecular flexibility index (Phi) is 4.33. The highest BCUT2D eigenvalue weighted by Crippen LogP contribution is 2.41. The number of nitrogens with zero attached hydrogens (tertiary/aromatic N) is 2. The first-order chi connectivity index (χ1) is 13.0. The van der Waals surface area contributed by atoms with Crippen LogP contribution in [0.2, 0.25) is 0 Å². The number of benzene rings is 1. The second-order valence-corrected chi connectivity index (χ2v) is 7.04. The number of halogens is 1. The van der Waals surface area contributed by atoms with Gasteiger partial charge in [0.1, 0.15) is 11.9 Å². The fourth-order valence-corrected chi connectivity index (χ4v) is 3.98. The van der Waals surface area contributed by atoms with E-state index < -0.39 is 18.0 Å². The number of ether oxygens (including phenoxy) is 1. The van der Waals surface area contributed by atoms with Gasteiger partial charge in [0.25, 0.3) is 0 Å². The molecule has 3 aliphatic heterocycles. The van der Waals surface area contributed by atoms with Crippen LogP contribution in [0.15, 0.2) is 18.2 Å². The minimum absolute atomic E-state index is 0.193. The van der Waals surface area contributed by atoms with E-state index in [1.807, 2.05) is 6.08 Å². The van der Waals surface area contributed by atoms with Crippen LogP contribution in [0.1, 0.15) is 24.5 Å². The van der Waals surface area contributed by atoms with Gasteiger partial charge >= 0.3 is 6.09 Å². The first-order valence-corrected chi connectivity index (χ1v) is 8.93. The van der Waals surface area contributed by atoms with Crippen molar-refractivity contribution in [2.75, 3.05) is 24.5 Å². The predicted octanol–water partition coefficient (Wildman–Crippen LogP) is 1.46. The lowest BCUT2D eigenvalue weighted by Gasteiger charge is -2.23. The molecule has 0 aromatic heterocycles.